The van der Waals surface area contributed by atoms with Crippen molar-refractivity contribution in [3.63, 3.8) is 0 Å². The van der Waals surface area contributed by atoms with Gasteiger partial charge in [-0.05, 0) is 18.2 Å². The van der Waals surface area contributed by atoms with Crippen LogP contribution in [0.3, 0.4) is 0 Å². The lowest BCUT2D eigenvalue weighted by Gasteiger charge is -2.08. The van der Waals surface area contributed by atoms with Crippen LogP contribution in [-0.2, 0) is 6.18 Å². The number of hydrogen-bond acceptors (Lipinski definition) is 1. The van der Waals surface area contributed by atoms with Crippen molar-refractivity contribution in [2.45, 2.75) is 6.18 Å². The fraction of sp³-hybridized carbons (Fsp3) is 0.250. The number of carbonyl (C=O) groups excluding carboxylic acids is 1. The predicted octanol–water partition coefficient (Wildman–Crippen LogP) is 3.23. The molecule has 0 radical (unpaired) electrons. The average Bonchev–Trinajstić information content (AvgIpc) is 2.33. The Morgan fingerprint density at radius 1 is 1.33 bits per heavy atom. The molecule has 0 saturated heterocycles. The van der Waals surface area contributed by atoms with Crippen LogP contribution in [-0.4, -0.2) is 18.3 Å². The predicted molar refractivity (Wildman–Crippen MR) is 63.6 cm³/mol. The first kappa shape index (κ1) is 14.6. The summed E-state index contributed by atoms with van der Waals surface area (Å²) in [5, 5.41) is 2.46. The van der Waals surface area contributed by atoms with E-state index < -0.39 is 17.6 Å². The lowest BCUT2D eigenvalue weighted by Crippen LogP contribution is -2.23. The molecule has 0 fully saturated rings. The highest BCUT2D eigenvalue weighted by molar-refractivity contribution is 6.18. The average molecular weight is 278 g/mol. The maximum absolute atomic E-state index is 12.4. The van der Waals surface area contributed by atoms with Gasteiger partial charge in [-0.3, -0.25) is 4.79 Å². The largest absolute Gasteiger partial charge is 0.416 e. The third kappa shape index (κ3) is 4.41. The molecule has 0 unspecified atom stereocenters. The molecule has 0 saturated carbocycles. The van der Waals surface area contributed by atoms with Crippen LogP contribution < -0.4 is 5.32 Å². The summed E-state index contributed by atoms with van der Waals surface area (Å²) in [6, 6.07) is 4.27. The molecule has 0 spiro atoms. The number of amides is 1. The zero-order chi connectivity index (χ0) is 13.6. The first-order chi connectivity index (χ1) is 8.45. The van der Waals surface area contributed by atoms with Gasteiger partial charge in [0.05, 0.1) is 5.56 Å². The molecule has 0 aliphatic carbocycles. The summed E-state index contributed by atoms with van der Waals surface area (Å²) in [5.74, 6) is -0.236. The molecule has 1 N–H and O–H groups in total. The van der Waals surface area contributed by atoms with Gasteiger partial charge < -0.3 is 5.32 Å². The Balaban J connectivity index is 2.72. The van der Waals surface area contributed by atoms with Gasteiger partial charge in [0.25, 0.3) is 5.91 Å². The summed E-state index contributed by atoms with van der Waals surface area (Å²) in [4.78, 5) is 11.5. The van der Waals surface area contributed by atoms with Crippen molar-refractivity contribution in [2.24, 2.45) is 0 Å². The first-order valence-corrected chi connectivity index (χ1v) is 5.65. The molecule has 1 aromatic carbocycles. The minimum Gasteiger partial charge on any atom is -0.349 e. The highest BCUT2D eigenvalue weighted by Gasteiger charge is 2.30. The van der Waals surface area contributed by atoms with E-state index in [-0.39, 0.29) is 12.1 Å². The molecule has 1 amide bonds. The van der Waals surface area contributed by atoms with E-state index in [1.807, 2.05) is 0 Å². The van der Waals surface area contributed by atoms with Crippen LogP contribution in [0, 0.1) is 0 Å². The molecule has 0 heterocycles. The molecular weight excluding hydrogens is 267 g/mol. The molecular formula is C12H11ClF3NO. The highest BCUT2D eigenvalue weighted by Crippen LogP contribution is 2.29. The maximum Gasteiger partial charge on any atom is 0.416 e. The van der Waals surface area contributed by atoms with E-state index in [4.69, 9.17) is 11.6 Å². The second-order valence-corrected chi connectivity index (χ2v) is 3.72. The smallest absolute Gasteiger partial charge is 0.349 e. The fourth-order valence-corrected chi connectivity index (χ4v) is 1.36. The van der Waals surface area contributed by atoms with Gasteiger partial charge in [0.2, 0.25) is 0 Å². The van der Waals surface area contributed by atoms with Gasteiger partial charge in [-0.25, -0.2) is 0 Å². The fourth-order valence-electron chi connectivity index (χ4n) is 1.24. The molecule has 0 aliphatic rings. The van der Waals surface area contributed by atoms with Crippen molar-refractivity contribution in [3.8, 4) is 0 Å². The molecule has 1 rings (SSSR count). The number of halogens is 4. The Labute approximate surface area is 107 Å². The number of carbonyl (C=O) groups is 1. The summed E-state index contributed by atoms with van der Waals surface area (Å²) < 4.78 is 37.3. The number of nitrogens with one attached hydrogen (secondary N) is 1. The molecule has 0 bridgehead atoms. The number of rotatable bonds is 4. The van der Waals surface area contributed by atoms with Gasteiger partial charge in [-0.1, -0.05) is 18.2 Å². The Morgan fingerprint density at radius 3 is 2.67 bits per heavy atom. The van der Waals surface area contributed by atoms with Crippen LogP contribution in [0.2, 0.25) is 0 Å². The standard InChI is InChI=1S/C12H11ClF3NO/c13-6-1-2-7-17-11(18)9-4-3-5-10(8-9)12(14,15)16/h1-5,8H,6-7H2,(H,17,18)/b2-1+. The molecule has 0 atom stereocenters. The van der Waals surface area contributed by atoms with Crippen molar-refractivity contribution < 1.29 is 18.0 Å². The number of allylic oxidation sites excluding steroid dienone is 1. The van der Waals surface area contributed by atoms with E-state index in [1.54, 1.807) is 12.2 Å². The minimum absolute atomic E-state index is 0.0240. The normalized spacial score (nSPS) is 11.8. The molecule has 6 heteroatoms. The summed E-state index contributed by atoms with van der Waals surface area (Å²) in [7, 11) is 0. The van der Waals surface area contributed by atoms with Gasteiger partial charge in [0.1, 0.15) is 0 Å². The van der Waals surface area contributed by atoms with Crippen molar-refractivity contribution in [3.05, 3.63) is 47.5 Å². The number of benzene rings is 1. The van der Waals surface area contributed by atoms with E-state index in [0.717, 1.165) is 12.1 Å². The zero-order valence-corrected chi connectivity index (χ0v) is 10.1. The van der Waals surface area contributed by atoms with E-state index in [0.29, 0.717) is 5.88 Å². The van der Waals surface area contributed by atoms with Gasteiger partial charge in [0.15, 0.2) is 0 Å². The van der Waals surface area contributed by atoms with Crippen molar-refractivity contribution in [1.82, 2.24) is 5.32 Å². The first-order valence-electron chi connectivity index (χ1n) is 5.11. The molecule has 1 aromatic rings. The molecule has 0 aromatic heterocycles. The Bertz CT molecular complexity index is 443. The van der Waals surface area contributed by atoms with Crippen LogP contribution in [0.1, 0.15) is 15.9 Å². The second-order valence-electron chi connectivity index (χ2n) is 3.41. The molecule has 98 valence electrons. The monoisotopic (exact) mass is 277 g/mol. The number of alkyl halides is 4. The summed E-state index contributed by atoms with van der Waals surface area (Å²) in [6.45, 7) is 0.224. The third-order valence-electron chi connectivity index (χ3n) is 2.09. The lowest BCUT2D eigenvalue weighted by molar-refractivity contribution is -0.137. The maximum atomic E-state index is 12.4. The quantitative estimate of drug-likeness (QED) is 0.664. The van der Waals surface area contributed by atoms with Gasteiger partial charge >= 0.3 is 6.18 Å². The zero-order valence-electron chi connectivity index (χ0n) is 9.30. The number of hydrogen-bond donors (Lipinski definition) is 1. The Morgan fingerprint density at radius 2 is 2.06 bits per heavy atom. The van der Waals surface area contributed by atoms with E-state index in [2.05, 4.69) is 5.32 Å². The van der Waals surface area contributed by atoms with E-state index in [9.17, 15) is 18.0 Å². The van der Waals surface area contributed by atoms with Crippen LogP contribution in [0.15, 0.2) is 36.4 Å². The summed E-state index contributed by atoms with van der Waals surface area (Å²) in [6.07, 6.45) is -1.19. The van der Waals surface area contributed by atoms with Crippen LogP contribution in [0.25, 0.3) is 0 Å². The Kier molecular flexibility index (Phi) is 5.22. The Hall–Kier alpha value is -1.49. The van der Waals surface area contributed by atoms with Gasteiger partial charge in [-0.15, -0.1) is 11.6 Å². The minimum atomic E-state index is -4.45. The molecule has 2 nitrogen and oxygen atoms in total. The van der Waals surface area contributed by atoms with Crippen LogP contribution >= 0.6 is 11.6 Å². The molecule has 18 heavy (non-hydrogen) atoms. The van der Waals surface area contributed by atoms with Crippen LogP contribution in [0.4, 0.5) is 13.2 Å². The summed E-state index contributed by atoms with van der Waals surface area (Å²) in [5.41, 5.74) is -0.865. The SMILES string of the molecule is O=C(NC/C=C/CCl)c1cccc(C(F)(F)F)c1. The second kappa shape index (κ2) is 6.44. The molecule has 0 aliphatic heterocycles. The van der Waals surface area contributed by atoms with Crippen molar-refractivity contribution in [2.75, 3.05) is 12.4 Å². The summed E-state index contributed by atoms with van der Waals surface area (Å²) >= 11 is 5.38. The van der Waals surface area contributed by atoms with E-state index >= 15 is 0 Å². The van der Waals surface area contributed by atoms with Gasteiger partial charge in [0, 0.05) is 18.0 Å². The van der Waals surface area contributed by atoms with Gasteiger partial charge in [-0.2, -0.15) is 13.2 Å². The van der Waals surface area contributed by atoms with E-state index in [1.165, 1.54) is 12.1 Å². The lowest BCUT2D eigenvalue weighted by atomic mass is 10.1. The highest BCUT2D eigenvalue weighted by atomic mass is 35.5. The van der Waals surface area contributed by atoms with Crippen molar-refractivity contribution in [1.29, 1.82) is 0 Å². The third-order valence-corrected chi connectivity index (χ3v) is 2.27. The topological polar surface area (TPSA) is 29.1 Å². The van der Waals surface area contributed by atoms with Crippen molar-refractivity contribution >= 4 is 17.5 Å². The van der Waals surface area contributed by atoms with Crippen LogP contribution in [0.5, 0.6) is 0 Å².